The van der Waals surface area contributed by atoms with Gasteiger partial charge in [-0.2, -0.15) is 0 Å². The van der Waals surface area contributed by atoms with Gasteiger partial charge in [-0.3, -0.25) is 4.79 Å². The highest BCUT2D eigenvalue weighted by Crippen LogP contribution is 1.96. The number of aromatic nitrogens is 2. The van der Waals surface area contributed by atoms with E-state index in [-0.39, 0.29) is 11.8 Å². The van der Waals surface area contributed by atoms with Crippen LogP contribution < -0.4 is 9.79 Å². The minimum Gasteiger partial charge on any atom is -0.821 e. The molecule has 0 fully saturated rings. The van der Waals surface area contributed by atoms with Gasteiger partial charge in [-0.25, -0.2) is 0 Å². The number of hydrogen-bond acceptors (Lipinski definition) is 2. The third kappa shape index (κ3) is 0.452. The Bertz CT molecular complexity index is 324. The van der Waals surface area contributed by atoms with Crippen LogP contribution in [0, 0.1) is 0 Å². The Morgan fingerprint density at radius 1 is 1.60 bits per heavy atom. The lowest BCUT2D eigenvalue weighted by Gasteiger charge is -1.93. The lowest BCUT2D eigenvalue weighted by Crippen LogP contribution is -2.42. The number of allylic oxidation sites excluding steroid dienone is 1. The van der Waals surface area contributed by atoms with Crippen LogP contribution in [0.2, 0.25) is 0 Å². The molecule has 0 amide bonds. The van der Waals surface area contributed by atoms with Crippen LogP contribution in [0.3, 0.4) is 0 Å². The average Bonchev–Trinajstić information content (AvgIpc) is 2.39. The molecule has 1 aliphatic rings. The van der Waals surface area contributed by atoms with Gasteiger partial charge in [0.25, 0.3) is 0 Å². The summed E-state index contributed by atoms with van der Waals surface area (Å²) in [5.41, 5.74) is 0. The van der Waals surface area contributed by atoms with Gasteiger partial charge < -0.3 is 5.11 Å². The Balaban J connectivity index is 2.72. The molecule has 0 bridgehead atoms. The normalized spacial score (nSPS) is 15.2. The molecule has 0 aromatic carbocycles. The first-order valence-corrected chi connectivity index (χ1v) is 2.82. The average molecular weight is 136 g/mol. The van der Waals surface area contributed by atoms with E-state index >= 15 is 0 Å². The summed E-state index contributed by atoms with van der Waals surface area (Å²) >= 11 is 0. The molecule has 10 heavy (non-hydrogen) atoms. The van der Waals surface area contributed by atoms with Gasteiger partial charge in [0.2, 0.25) is 6.20 Å². The molecule has 0 atom stereocenters. The summed E-state index contributed by atoms with van der Waals surface area (Å²) < 4.78 is 2.50. The van der Waals surface area contributed by atoms with E-state index in [1.165, 1.54) is 9.36 Å². The van der Waals surface area contributed by atoms with Crippen LogP contribution in [-0.2, 0) is 0 Å². The number of carbonyl (C=O) groups excluding carboxylic acids is 1. The zero-order valence-electron chi connectivity index (χ0n) is 5.02. The predicted molar refractivity (Wildman–Crippen MR) is 29.5 cm³/mol. The molecule has 1 aliphatic heterocycles. The van der Waals surface area contributed by atoms with Crippen LogP contribution in [0.4, 0.5) is 0 Å². The van der Waals surface area contributed by atoms with Crippen LogP contribution in [0.25, 0.3) is 5.88 Å². The van der Waals surface area contributed by atoms with Crippen molar-refractivity contribution in [2.24, 2.45) is 0 Å². The van der Waals surface area contributed by atoms with Crippen molar-refractivity contribution >= 4 is 11.8 Å². The standard InChI is InChI=1S/C6H4N2O2/c9-5-4-6(10)8-3-1-2-7(5)8/h1-4H. The van der Waals surface area contributed by atoms with Gasteiger partial charge in [0.15, 0.2) is 5.88 Å². The number of fused-ring (bicyclic) bond motifs is 1. The molecule has 0 N–H and O–H groups in total. The third-order valence-electron chi connectivity index (χ3n) is 1.39. The van der Waals surface area contributed by atoms with Crippen LogP contribution >= 0.6 is 0 Å². The monoisotopic (exact) mass is 136 g/mol. The number of rotatable bonds is 0. The molecule has 50 valence electrons. The highest BCUT2D eigenvalue weighted by Gasteiger charge is 2.21. The number of hydrogen-bond donors (Lipinski definition) is 0. The highest BCUT2D eigenvalue weighted by atomic mass is 16.3. The minimum atomic E-state index is -0.282. The molecule has 4 heteroatoms. The van der Waals surface area contributed by atoms with Crippen molar-refractivity contribution in [2.45, 2.75) is 0 Å². The quantitative estimate of drug-likeness (QED) is 0.411. The summed E-state index contributed by atoms with van der Waals surface area (Å²) in [5.74, 6) is -0.565. The summed E-state index contributed by atoms with van der Waals surface area (Å²) in [4.78, 5) is 10.8. The second-order valence-electron chi connectivity index (χ2n) is 2.00. The number of nitrogens with zero attached hydrogens (tertiary/aromatic N) is 2. The molecule has 4 nitrogen and oxygen atoms in total. The molecular weight excluding hydrogens is 132 g/mol. The van der Waals surface area contributed by atoms with Gasteiger partial charge in [0.1, 0.15) is 0 Å². The topological polar surface area (TPSA) is 48.9 Å². The largest absolute Gasteiger partial charge is 0.821 e. The zero-order valence-corrected chi connectivity index (χ0v) is 5.02. The second-order valence-corrected chi connectivity index (χ2v) is 2.00. The second kappa shape index (κ2) is 1.47. The first-order chi connectivity index (χ1) is 4.79. The first-order valence-electron chi connectivity index (χ1n) is 2.82. The molecule has 2 heterocycles. The maximum absolute atomic E-state index is 10.8. The predicted octanol–water partition coefficient (Wildman–Crippen LogP) is -1.41. The first kappa shape index (κ1) is 5.22. The van der Waals surface area contributed by atoms with Crippen molar-refractivity contribution in [3.63, 3.8) is 0 Å². The molecular formula is C6H4N2O2. The minimum absolute atomic E-state index is 0.282. The van der Waals surface area contributed by atoms with Crippen molar-refractivity contribution in [1.82, 2.24) is 4.68 Å². The molecule has 1 aromatic heterocycles. The fourth-order valence-electron chi connectivity index (χ4n) is 0.942. The lowest BCUT2D eigenvalue weighted by molar-refractivity contribution is -0.710. The maximum Gasteiger partial charge on any atom is 0.311 e. The van der Waals surface area contributed by atoms with Crippen LogP contribution in [0.5, 0.6) is 0 Å². The Labute approximate surface area is 56.6 Å². The summed E-state index contributed by atoms with van der Waals surface area (Å²) in [5, 5.41) is 10.8. The third-order valence-corrected chi connectivity index (χ3v) is 1.39. The van der Waals surface area contributed by atoms with Gasteiger partial charge in [-0.1, -0.05) is 9.36 Å². The van der Waals surface area contributed by atoms with E-state index in [9.17, 15) is 9.90 Å². The SMILES string of the molecule is O=C1C=C([O-])[n+]2cccn21. The molecule has 0 saturated heterocycles. The van der Waals surface area contributed by atoms with E-state index in [4.69, 9.17) is 0 Å². The van der Waals surface area contributed by atoms with E-state index in [0.717, 1.165) is 6.08 Å². The van der Waals surface area contributed by atoms with Crippen molar-refractivity contribution < 1.29 is 14.6 Å². The molecule has 0 aliphatic carbocycles. The Morgan fingerprint density at radius 2 is 2.40 bits per heavy atom. The maximum atomic E-state index is 10.8. The molecule has 0 spiro atoms. The van der Waals surface area contributed by atoms with Gasteiger partial charge in [-0.05, 0) is 0 Å². The van der Waals surface area contributed by atoms with E-state index < -0.39 is 0 Å². The van der Waals surface area contributed by atoms with Gasteiger partial charge in [0.05, 0.1) is 12.3 Å². The van der Waals surface area contributed by atoms with Crippen molar-refractivity contribution in [1.29, 1.82) is 0 Å². The fourth-order valence-corrected chi connectivity index (χ4v) is 0.942. The molecule has 0 unspecified atom stereocenters. The van der Waals surface area contributed by atoms with Gasteiger partial charge >= 0.3 is 5.91 Å². The molecule has 0 saturated carbocycles. The zero-order chi connectivity index (χ0) is 7.14. The Kier molecular flexibility index (Phi) is 0.768. The molecule has 1 aromatic rings. The van der Waals surface area contributed by atoms with Crippen molar-refractivity contribution in [3.8, 4) is 0 Å². The summed E-state index contributed by atoms with van der Waals surface area (Å²) in [6, 6.07) is 1.64. The van der Waals surface area contributed by atoms with Gasteiger partial charge in [0, 0.05) is 6.07 Å². The van der Waals surface area contributed by atoms with Crippen LogP contribution in [0.1, 0.15) is 4.79 Å². The van der Waals surface area contributed by atoms with Crippen LogP contribution in [0.15, 0.2) is 24.5 Å². The Morgan fingerprint density at radius 3 is 3.10 bits per heavy atom. The lowest BCUT2D eigenvalue weighted by atomic mass is 10.5. The molecule has 0 radical (unpaired) electrons. The van der Waals surface area contributed by atoms with Gasteiger partial charge in [-0.15, -0.1) is 0 Å². The highest BCUT2D eigenvalue weighted by molar-refractivity contribution is 5.92. The van der Waals surface area contributed by atoms with E-state index in [1.807, 2.05) is 0 Å². The summed E-state index contributed by atoms with van der Waals surface area (Å²) in [6.45, 7) is 0. The Hall–Kier alpha value is -1.58. The van der Waals surface area contributed by atoms with E-state index in [1.54, 1.807) is 18.5 Å². The van der Waals surface area contributed by atoms with E-state index in [2.05, 4.69) is 0 Å². The molecule has 2 rings (SSSR count). The summed E-state index contributed by atoms with van der Waals surface area (Å²) in [7, 11) is 0. The smallest absolute Gasteiger partial charge is 0.311 e. The number of carbonyl (C=O) groups is 1. The van der Waals surface area contributed by atoms with Crippen LogP contribution in [-0.4, -0.2) is 10.6 Å². The summed E-state index contributed by atoms with van der Waals surface area (Å²) in [6.07, 6.45) is 4.15. The van der Waals surface area contributed by atoms with E-state index in [0.29, 0.717) is 0 Å². The fraction of sp³-hybridized carbons (Fsp3) is 0. The van der Waals surface area contributed by atoms with Crippen molar-refractivity contribution in [2.75, 3.05) is 0 Å². The van der Waals surface area contributed by atoms with Crippen molar-refractivity contribution in [3.05, 3.63) is 24.5 Å².